The van der Waals surface area contributed by atoms with Gasteiger partial charge in [-0.2, -0.15) is 0 Å². The standard InChI is InChI=1S/C21H28O4/c1-6-11-25-19(22)13-18(21(3,4)20(23)24-5)16-10-9-15-8-7-14(2)17(15)12-16/h6,9-10,12,14,18H,1,7-8,11,13H2,2-5H3. The molecule has 1 aromatic carbocycles. The highest BCUT2D eigenvalue weighted by Crippen LogP contribution is 2.42. The number of ether oxygens (including phenoxy) is 2. The lowest BCUT2D eigenvalue weighted by Gasteiger charge is -2.32. The Morgan fingerprint density at radius 2 is 2.12 bits per heavy atom. The molecule has 0 aliphatic heterocycles. The second kappa shape index (κ2) is 7.85. The van der Waals surface area contributed by atoms with E-state index in [0.29, 0.717) is 5.92 Å². The van der Waals surface area contributed by atoms with Crippen LogP contribution in [0.25, 0.3) is 0 Å². The number of benzene rings is 1. The first kappa shape index (κ1) is 19.2. The summed E-state index contributed by atoms with van der Waals surface area (Å²) in [5.74, 6) is -0.474. The van der Waals surface area contributed by atoms with Gasteiger partial charge < -0.3 is 9.47 Å². The molecule has 2 unspecified atom stereocenters. The van der Waals surface area contributed by atoms with Crippen molar-refractivity contribution < 1.29 is 19.1 Å². The highest BCUT2D eigenvalue weighted by atomic mass is 16.5. The molecule has 0 saturated heterocycles. The zero-order valence-electron chi connectivity index (χ0n) is 15.6. The summed E-state index contributed by atoms with van der Waals surface area (Å²) in [6.07, 6.45) is 3.90. The predicted octanol–water partition coefficient (Wildman–Crippen LogP) is 4.14. The fraction of sp³-hybridized carbons (Fsp3) is 0.524. The molecular formula is C21H28O4. The third-order valence-electron chi connectivity index (χ3n) is 5.27. The number of hydrogen-bond donors (Lipinski definition) is 0. The third kappa shape index (κ3) is 4.12. The van der Waals surface area contributed by atoms with Gasteiger partial charge in [0.05, 0.1) is 18.9 Å². The molecule has 0 N–H and O–H groups in total. The molecule has 1 aliphatic rings. The number of esters is 2. The van der Waals surface area contributed by atoms with Gasteiger partial charge in [0.1, 0.15) is 6.61 Å². The van der Waals surface area contributed by atoms with Crippen LogP contribution in [0.15, 0.2) is 30.9 Å². The van der Waals surface area contributed by atoms with E-state index in [0.717, 1.165) is 18.4 Å². The van der Waals surface area contributed by atoms with Crippen LogP contribution < -0.4 is 0 Å². The van der Waals surface area contributed by atoms with E-state index in [-0.39, 0.29) is 30.9 Å². The van der Waals surface area contributed by atoms with Crippen LogP contribution in [0.2, 0.25) is 0 Å². The second-order valence-electron chi connectivity index (χ2n) is 7.34. The Balaban J connectivity index is 2.37. The van der Waals surface area contributed by atoms with Crippen molar-refractivity contribution in [1.82, 2.24) is 0 Å². The maximum Gasteiger partial charge on any atom is 0.311 e. The van der Waals surface area contributed by atoms with E-state index in [1.807, 2.05) is 19.9 Å². The summed E-state index contributed by atoms with van der Waals surface area (Å²) < 4.78 is 10.1. The van der Waals surface area contributed by atoms with Crippen molar-refractivity contribution in [2.75, 3.05) is 13.7 Å². The molecule has 25 heavy (non-hydrogen) atoms. The molecule has 0 saturated carbocycles. The molecule has 0 bridgehead atoms. The number of fused-ring (bicyclic) bond motifs is 1. The van der Waals surface area contributed by atoms with Gasteiger partial charge in [0.25, 0.3) is 0 Å². The Morgan fingerprint density at radius 3 is 2.76 bits per heavy atom. The quantitative estimate of drug-likeness (QED) is 0.551. The monoisotopic (exact) mass is 344 g/mol. The van der Waals surface area contributed by atoms with Crippen LogP contribution in [0, 0.1) is 5.41 Å². The number of carbonyl (C=O) groups is 2. The summed E-state index contributed by atoms with van der Waals surface area (Å²) in [6.45, 7) is 9.59. The molecule has 0 spiro atoms. The fourth-order valence-electron chi connectivity index (χ4n) is 3.62. The van der Waals surface area contributed by atoms with Crippen LogP contribution in [0.5, 0.6) is 0 Å². The van der Waals surface area contributed by atoms with Gasteiger partial charge in [-0.05, 0) is 49.3 Å². The number of methoxy groups -OCH3 is 1. The average Bonchev–Trinajstić information content (AvgIpc) is 2.97. The lowest BCUT2D eigenvalue weighted by molar-refractivity contribution is -0.153. The minimum Gasteiger partial charge on any atom is -0.469 e. The molecule has 0 fully saturated rings. The normalized spacial score (nSPS) is 17.5. The summed E-state index contributed by atoms with van der Waals surface area (Å²) in [4.78, 5) is 24.6. The van der Waals surface area contributed by atoms with Gasteiger partial charge in [-0.3, -0.25) is 9.59 Å². The highest BCUT2D eigenvalue weighted by Gasteiger charge is 2.40. The Bertz CT molecular complexity index is 660. The molecule has 2 atom stereocenters. The smallest absolute Gasteiger partial charge is 0.311 e. The maximum atomic E-state index is 12.4. The number of aryl methyl sites for hydroxylation is 1. The van der Waals surface area contributed by atoms with Crippen LogP contribution in [0.4, 0.5) is 0 Å². The summed E-state index contributed by atoms with van der Waals surface area (Å²) in [6, 6.07) is 6.32. The minimum absolute atomic E-state index is 0.128. The van der Waals surface area contributed by atoms with Gasteiger partial charge in [0, 0.05) is 5.92 Å². The molecular weight excluding hydrogens is 316 g/mol. The summed E-state index contributed by atoms with van der Waals surface area (Å²) >= 11 is 0. The lowest BCUT2D eigenvalue weighted by atomic mass is 9.72. The predicted molar refractivity (Wildman–Crippen MR) is 97.5 cm³/mol. The van der Waals surface area contributed by atoms with Gasteiger partial charge in [-0.15, -0.1) is 0 Å². The number of hydrogen-bond acceptors (Lipinski definition) is 4. The second-order valence-corrected chi connectivity index (χ2v) is 7.34. The Hall–Kier alpha value is -2.10. The molecule has 0 heterocycles. The Labute approximate surface area is 150 Å². The van der Waals surface area contributed by atoms with Crippen molar-refractivity contribution in [2.24, 2.45) is 5.41 Å². The first-order valence-corrected chi connectivity index (χ1v) is 8.78. The zero-order valence-corrected chi connectivity index (χ0v) is 15.6. The van der Waals surface area contributed by atoms with E-state index >= 15 is 0 Å². The first-order chi connectivity index (χ1) is 11.8. The summed E-state index contributed by atoms with van der Waals surface area (Å²) in [7, 11) is 1.38. The first-order valence-electron chi connectivity index (χ1n) is 8.78. The van der Waals surface area contributed by atoms with E-state index in [1.54, 1.807) is 0 Å². The number of carbonyl (C=O) groups excluding carboxylic acids is 2. The van der Waals surface area contributed by atoms with E-state index < -0.39 is 5.41 Å². The van der Waals surface area contributed by atoms with Crippen LogP contribution in [0.3, 0.4) is 0 Å². The average molecular weight is 344 g/mol. The third-order valence-corrected chi connectivity index (χ3v) is 5.27. The molecule has 0 radical (unpaired) electrons. The van der Waals surface area contributed by atoms with E-state index in [9.17, 15) is 9.59 Å². The fourth-order valence-corrected chi connectivity index (χ4v) is 3.62. The van der Waals surface area contributed by atoms with Crippen molar-refractivity contribution in [3.63, 3.8) is 0 Å². The van der Waals surface area contributed by atoms with Crippen molar-refractivity contribution in [3.8, 4) is 0 Å². The van der Waals surface area contributed by atoms with Crippen molar-refractivity contribution in [3.05, 3.63) is 47.5 Å². The van der Waals surface area contributed by atoms with Crippen molar-refractivity contribution >= 4 is 11.9 Å². The largest absolute Gasteiger partial charge is 0.469 e. The van der Waals surface area contributed by atoms with E-state index in [4.69, 9.17) is 9.47 Å². The highest BCUT2D eigenvalue weighted by molar-refractivity contribution is 5.79. The topological polar surface area (TPSA) is 52.6 Å². The molecule has 1 aliphatic carbocycles. The molecule has 0 aromatic heterocycles. The van der Waals surface area contributed by atoms with E-state index in [2.05, 4.69) is 25.6 Å². The molecule has 4 heteroatoms. The Kier molecular flexibility index (Phi) is 6.04. The van der Waals surface area contributed by atoms with Gasteiger partial charge in [0.2, 0.25) is 0 Å². The molecule has 4 nitrogen and oxygen atoms in total. The molecule has 1 aromatic rings. The van der Waals surface area contributed by atoms with Gasteiger partial charge >= 0.3 is 11.9 Å². The van der Waals surface area contributed by atoms with E-state index in [1.165, 1.54) is 24.3 Å². The van der Waals surface area contributed by atoms with Crippen molar-refractivity contribution in [2.45, 2.75) is 51.9 Å². The minimum atomic E-state index is -0.835. The Morgan fingerprint density at radius 1 is 1.40 bits per heavy atom. The van der Waals surface area contributed by atoms with Gasteiger partial charge in [-0.25, -0.2) is 0 Å². The van der Waals surface area contributed by atoms with Crippen LogP contribution >= 0.6 is 0 Å². The van der Waals surface area contributed by atoms with Crippen LogP contribution in [-0.2, 0) is 25.5 Å². The molecule has 2 rings (SSSR count). The van der Waals surface area contributed by atoms with Gasteiger partial charge in [-0.1, -0.05) is 37.8 Å². The summed E-state index contributed by atoms with van der Waals surface area (Å²) in [5.41, 5.74) is 2.83. The SMILES string of the molecule is C=CCOC(=O)CC(c1ccc2c(c1)C(C)CC2)C(C)(C)C(=O)OC. The van der Waals surface area contributed by atoms with Gasteiger partial charge in [0.15, 0.2) is 0 Å². The lowest BCUT2D eigenvalue weighted by Crippen LogP contribution is -2.34. The summed E-state index contributed by atoms with van der Waals surface area (Å²) in [5, 5.41) is 0. The zero-order chi connectivity index (χ0) is 18.6. The molecule has 136 valence electrons. The van der Waals surface area contributed by atoms with Crippen LogP contribution in [-0.4, -0.2) is 25.7 Å². The maximum absolute atomic E-state index is 12.4. The van der Waals surface area contributed by atoms with Crippen LogP contribution in [0.1, 0.15) is 62.1 Å². The van der Waals surface area contributed by atoms with Crippen molar-refractivity contribution in [1.29, 1.82) is 0 Å². The molecule has 0 amide bonds. The number of rotatable bonds is 7.